The lowest BCUT2D eigenvalue weighted by molar-refractivity contribution is 0.0501. The maximum Gasteiger partial charge on any atom is 0.284 e. The first-order valence-corrected chi connectivity index (χ1v) is 8.62. The molecule has 3 heterocycles. The molecule has 1 aromatic carbocycles. The smallest absolute Gasteiger partial charge is 0.284 e. The molecule has 7 heteroatoms. The molecule has 3 aromatic rings. The topological polar surface area (TPSA) is 63.9 Å². The minimum absolute atomic E-state index is 0.0166. The van der Waals surface area contributed by atoms with Crippen molar-refractivity contribution in [3.8, 4) is 11.4 Å². The minimum atomic E-state index is -0.0166. The van der Waals surface area contributed by atoms with Crippen LogP contribution in [0.15, 0.2) is 42.7 Å². The summed E-state index contributed by atoms with van der Waals surface area (Å²) in [5.74, 6) is 1.10. The van der Waals surface area contributed by atoms with Gasteiger partial charge in [-0.25, -0.2) is 4.98 Å². The fourth-order valence-electron chi connectivity index (χ4n) is 2.93. The number of hydrogen-bond acceptors (Lipinski definition) is 5. The molecule has 0 N–H and O–H groups in total. The van der Waals surface area contributed by atoms with Gasteiger partial charge in [0, 0.05) is 31.9 Å². The van der Waals surface area contributed by atoms with Crippen LogP contribution < -0.4 is 0 Å². The molecule has 6 nitrogen and oxygen atoms in total. The van der Waals surface area contributed by atoms with Crippen LogP contribution in [0.5, 0.6) is 0 Å². The van der Waals surface area contributed by atoms with Crippen molar-refractivity contribution in [3.05, 3.63) is 53.3 Å². The van der Waals surface area contributed by atoms with Gasteiger partial charge in [0.1, 0.15) is 0 Å². The first kappa shape index (κ1) is 15.0. The molecule has 0 saturated carbocycles. The van der Waals surface area contributed by atoms with Crippen LogP contribution in [0.3, 0.4) is 0 Å². The molecule has 1 aliphatic rings. The van der Waals surface area contributed by atoms with Crippen LogP contribution in [0.1, 0.15) is 15.4 Å². The fraction of sp³-hybridized carbons (Fsp3) is 0.294. The summed E-state index contributed by atoms with van der Waals surface area (Å²) >= 11 is 1.17. The van der Waals surface area contributed by atoms with E-state index in [0.29, 0.717) is 16.7 Å². The highest BCUT2D eigenvalue weighted by atomic mass is 32.1. The Hall–Kier alpha value is -2.54. The van der Waals surface area contributed by atoms with Crippen molar-refractivity contribution < 1.29 is 4.79 Å². The lowest BCUT2D eigenvalue weighted by Gasteiger charge is -2.38. The summed E-state index contributed by atoms with van der Waals surface area (Å²) < 4.78 is 6.12. The van der Waals surface area contributed by atoms with E-state index in [1.807, 2.05) is 59.4 Å². The van der Waals surface area contributed by atoms with Gasteiger partial charge in [0.15, 0.2) is 5.82 Å². The van der Waals surface area contributed by atoms with E-state index in [1.165, 1.54) is 17.1 Å². The van der Waals surface area contributed by atoms with Gasteiger partial charge in [-0.05, 0) is 29.4 Å². The van der Waals surface area contributed by atoms with Gasteiger partial charge >= 0.3 is 0 Å². The second-order valence-corrected chi connectivity index (χ2v) is 6.84. The minimum Gasteiger partial charge on any atom is -0.336 e. The van der Waals surface area contributed by atoms with E-state index in [-0.39, 0.29) is 5.91 Å². The summed E-state index contributed by atoms with van der Waals surface area (Å²) in [6, 6.07) is 9.73. The predicted octanol–water partition coefficient (Wildman–Crippen LogP) is 2.25. The molecule has 1 aliphatic heterocycles. The van der Waals surface area contributed by atoms with Crippen molar-refractivity contribution in [2.75, 3.05) is 13.1 Å². The molecule has 2 aromatic heterocycles. The van der Waals surface area contributed by atoms with Gasteiger partial charge in [0.05, 0.1) is 6.20 Å². The SMILES string of the molecule is Cn1cc(CC2CN(C(=O)c3nc(-c4ccccc4)ns3)C2)cn1. The van der Waals surface area contributed by atoms with Crippen molar-refractivity contribution in [1.29, 1.82) is 0 Å². The molecule has 0 bridgehead atoms. The van der Waals surface area contributed by atoms with Gasteiger partial charge in [-0.3, -0.25) is 9.48 Å². The Kier molecular flexibility index (Phi) is 3.86. The van der Waals surface area contributed by atoms with Gasteiger partial charge in [0.2, 0.25) is 5.01 Å². The highest BCUT2D eigenvalue weighted by molar-refractivity contribution is 7.07. The summed E-state index contributed by atoms with van der Waals surface area (Å²) in [6.07, 6.45) is 4.88. The van der Waals surface area contributed by atoms with Gasteiger partial charge in [-0.15, -0.1) is 0 Å². The predicted molar refractivity (Wildman–Crippen MR) is 91.7 cm³/mol. The zero-order valence-electron chi connectivity index (χ0n) is 13.3. The zero-order valence-corrected chi connectivity index (χ0v) is 14.1. The standard InChI is InChI=1S/C17H17N5OS/c1-21-9-12(8-18-21)7-13-10-22(11-13)17(23)16-19-15(20-24-16)14-5-3-2-4-6-14/h2-6,8-9,13H,7,10-11H2,1H3. The normalized spacial score (nSPS) is 14.6. The number of aromatic nitrogens is 4. The van der Waals surface area contributed by atoms with Gasteiger partial charge in [-0.1, -0.05) is 30.3 Å². The lowest BCUT2D eigenvalue weighted by Crippen LogP contribution is -2.50. The van der Waals surface area contributed by atoms with E-state index in [2.05, 4.69) is 14.5 Å². The van der Waals surface area contributed by atoms with Gasteiger partial charge in [0.25, 0.3) is 5.91 Å². The van der Waals surface area contributed by atoms with Crippen molar-refractivity contribution in [3.63, 3.8) is 0 Å². The summed E-state index contributed by atoms with van der Waals surface area (Å²) in [5, 5.41) is 4.65. The molecule has 1 saturated heterocycles. The molecular weight excluding hydrogens is 322 g/mol. The number of benzene rings is 1. The highest BCUT2D eigenvalue weighted by Crippen LogP contribution is 2.24. The number of rotatable bonds is 4. The third-order valence-electron chi connectivity index (χ3n) is 4.17. The quantitative estimate of drug-likeness (QED) is 0.731. The molecule has 0 atom stereocenters. The van der Waals surface area contributed by atoms with Crippen LogP contribution in [-0.2, 0) is 13.5 Å². The van der Waals surface area contributed by atoms with Crippen LogP contribution in [0, 0.1) is 5.92 Å². The third kappa shape index (κ3) is 2.94. The molecule has 0 radical (unpaired) electrons. The van der Waals surface area contributed by atoms with Crippen LogP contribution in [0.2, 0.25) is 0 Å². The van der Waals surface area contributed by atoms with Crippen molar-refractivity contribution >= 4 is 17.4 Å². The first-order valence-electron chi connectivity index (χ1n) is 7.85. The Bertz CT molecular complexity index is 851. The molecule has 1 fully saturated rings. The largest absolute Gasteiger partial charge is 0.336 e. The number of likely N-dealkylation sites (tertiary alicyclic amines) is 1. The molecular formula is C17H17N5OS. The number of aryl methyl sites for hydroxylation is 1. The van der Waals surface area contributed by atoms with Crippen molar-refractivity contribution in [2.24, 2.45) is 13.0 Å². The van der Waals surface area contributed by atoms with E-state index in [4.69, 9.17) is 0 Å². The summed E-state index contributed by atoms with van der Waals surface area (Å²) in [5.41, 5.74) is 2.16. The van der Waals surface area contributed by atoms with Gasteiger partial charge in [-0.2, -0.15) is 9.47 Å². The van der Waals surface area contributed by atoms with E-state index in [0.717, 1.165) is 25.1 Å². The molecule has 122 valence electrons. The second-order valence-electron chi connectivity index (χ2n) is 6.09. The average molecular weight is 339 g/mol. The number of carbonyl (C=O) groups is 1. The van der Waals surface area contributed by atoms with Crippen LogP contribution in [0.4, 0.5) is 0 Å². The third-order valence-corrected chi connectivity index (χ3v) is 4.87. The van der Waals surface area contributed by atoms with Crippen molar-refractivity contribution in [2.45, 2.75) is 6.42 Å². The Morgan fingerprint density at radius 1 is 1.29 bits per heavy atom. The van der Waals surface area contributed by atoms with Crippen LogP contribution in [-0.4, -0.2) is 43.0 Å². The summed E-state index contributed by atoms with van der Waals surface area (Å²) in [4.78, 5) is 18.7. The van der Waals surface area contributed by atoms with Crippen LogP contribution >= 0.6 is 11.5 Å². The highest BCUT2D eigenvalue weighted by Gasteiger charge is 2.33. The molecule has 4 rings (SSSR count). The number of hydrogen-bond donors (Lipinski definition) is 0. The zero-order chi connectivity index (χ0) is 16.5. The molecule has 0 aliphatic carbocycles. The molecule has 0 unspecified atom stereocenters. The fourth-order valence-corrected chi connectivity index (χ4v) is 3.58. The number of carbonyl (C=O) groups excluding carboxylic acids is 1. The van der Waals surface area contributed by atoms with E-state index < -0.39 is 0 Å². The Morgan fingerprint density at radius 3 is 2.79 bits per heavy atom. The Morgan fingerprint density at radius 2 is 2.08 bits per heavy atom. The monoisotopic (exact) mass is 339 g/mol. The average Bonchev–Trinajstić information content (AvgIpc) is 3.20. The Balaban J connectivity index is 1.37. The van der Waals surface area contributed by atoms with E-state index in [9.17, 15) is 4.79 Å². The molecule has 24 heavy (non-hydrogen) atoms. The maximum absolute atomic E-state index is 12.5. The lowest BCUT2D eigenvalue weighted by atomic mass is 9.93. The first-order chi connectivity index (χ1) is 11.7. The summed E-state index contributed by atoms with van der Waals surface area (Å²) in [6.45, 7) is 1.54. The van der Waals surface area contributed by atoms with Crippen LogP contribution in [0.25, 0.3) is 11.4 Å². The van der Waals surface area contributed by atoms with Gasteiger partial charge < -0.3 is 4.90 Å². The number of amides is 1. The van der Waals surface area contributed by atoms with E-state index in [1.54, 1.807) is 0 Å². The maximum atomic E-state index is 12.5. The van der Waals surface area contributed by atoms with Crippen molar-refractivity contribution in [1.82, 2.24) is 24.0 Å². The molecule has 0 spiro atoms. The number of nitrogens with zero attached hydrogens (tertiary/aromatic N) is 5. The summed E-state index contributed by atoms with van der Waals surface area (Å²) in [7, 11) is 1.92. The molecule has 1 amide bonds. The second kappa shape index (κ2) is 6.16. The Labute approximate surface area is 143 Å². The van der Waals surface area contributed by atoms with E-state index >= 15 is 0 Å².